The van der Waals surface area contributed by atoms with E-state index in [1.54, 1.807) is 0 Å². The van der Waals surface area contributed by atoms with Gasteiger partial charge in [-0.2, -0.15) is 0 Å². The predicted octanol–water partition coefficient (Wildman–Crippen LogP) is 4.03. The van der Waals surface area contributed by atoms with Crippen molar-refractivity contribution in [1.29, 1.82) is 0 Å². The first-order valence-corrected chi connectivity index (χ1v) is 7.53. The van der Waals surface area contributed by atoms with Gasteiger partial charge >= 0.3 is 0 Å². The number of halogens is 1. The molecule has 0 amide bonds. The third-order valence-electron chi connectivity index (χ3n) is 2.75. The number of ether oxygens (including phenoxy) is 2. The molecule has 20 heavy (non-hydrogen) atoms. The van der Waals surface area contributed by atoms with Crippen LogP contribution < -0.4 is 4.74 Å². The predicted molar refractivity (Wildman–Crippen MR) is 84.5 cm³/mol. The van der Waals surface area contributed by atoms with Gasteiger partial charge < -0.3 is 9.47 Å². The molecule has 0 aliphatic carbocycles. The second kappa shape index (κ2) is 9.69. The van der Waals surface area contributed by atoms with Crippen LogP contribution in [0.15, 0.2) is 18.2 Å². The Hall–Kier alpha value is -1.17. The molecule has 0 aliphatic rings. The Morgan fingerprint density at radius 3 is 2.70 bits per heavy atom. The standard InChI is InChI=1S/C17H23ClO2/c1-14(2)8-10-19-11-12-20-17-7-6-15(3)13-16(17)5-4-9-18/h6-7,13-14H,8-12H2,1-3H3. The molecule has 2 nitrogen and oxygen atoms in total. The Morgan fingerprint density at radius 1 is 1.20 bits per heavy atom. The van der Waals surface area contributed by atoms with Crippen molar-refractivity contribution in [2.24, 2.45) is 5.92 Å². The normalized spacial score (nSPS) is 10.2. The lowest BCUT2D eigenvalue weighted by Gasteiger charge is -2.10. The fourth-order valence-corrected chi connectivity index (χ4v) is 1.69. The Labute approximate surface area is 127 Å². The molecule has 0 fully saturated rings. The monoisotopic (exact) mass is 294 g/mol. The van der Waals surface area contributed by atoms with Crippen molar-refractivity contribution >= 4 is 11.6 Å². The van der Waals surface area contributed by atoms with Crippen molar-refractivity contribution in [3.8, 4) is 17.6 Å². The van der Waals surface area contributed by atoms with E-state index >= 15 is 0 Å². The first-order chi connectivity index (χ1) is 9.63. The number of hydrogen-bond donors (Lipinski definition) is 0. The number of alkyl halides is 1. The van der Waals surface area contributed by atoms with E-state index in [4.69, 9.17) is 21.1 Å². The molecule has 1 aromatic carbocycles. The van der Waals surface area contributed by atoms with Crippen molar-refractivity contribution in [3.05, 3.63) is 29.3 Å². The fraction of sp³-hybridized carbons (Fsp3) is 0.529. The Balaban J connectivity index is 2.43. The van der Waals surface area contributed by atoms with Crippen LogP contribution in [-0.4, -0.2) is 25.7 Å². The van der Waals surface area contributed by atoms with Gasteiger partial charge in [0, 0.05) is 6.61 Å². The summed E-state index contributed by atoms with van der Waals surface area (Å²) in [5.74, 6) is 7.67. The van der Waals surface area contributed by atoms with Crippen LogP contribution in [0.3, 0.4) is 0 Å². The van der Waals surface area contributed by atoms with Gasteiger partial charge in [-0.05, 0) is 37.0 Å². The number of hydrogen-bond acceptors (Lipinski definition) is 2. The number of aryl methyl sites for hydroxylation is 1. The molecule has 3 heteroatoms. The van der Waals surface area contributed by atoms with Gasteiger partial charge in [-0.1, -0.05) is 31.8 Å². The van der Waals surface area contributed by atoms with E-state index in [9.17, 15) is 0 Å². The summed E-state index contributed by atoms with van der Waals surface area (Å²) >= 11 is 5.60. The second-order valence-corrected chi connectivity index (χ2v) is 5.35. The zero-order chi connectivity index (χ0) is 14.8. The van der Waals surface area contributed by atoms with E-state index in [2.05, 4.69) is 25.7 Å². The molecular weight excluding hydrogens is 272 g/mol. The molecule has 0 spiro atoms. The van der Waals surface area contributed by atoms with Crippen LogP contribution in [0.4, 0.5) is 0 Å². The first-order valence-electron chi connectivity index (χ1n) is 6.99. The zero-order valence-electron chi connectivity index (χ0n) is 12.5. The van der Waals surface area contributed by atoms with Gasteiger partial charge in [-0.15, -0.1) is 11.6 Å². The SMILES string of the molecule is Cc1ccc(OCCOCCC(C)C)c(C#CCCl)c1. The summed E-state index contributed by atoms with van der Waals surface area (Å²) in [5.41, 5.74) is 2.04. The van der Waals surface area contributed by atoms with Gasteiger partial charge in [0.05, 0.1) is 18.1 Å². The van der Waals surface area contributed by atoms with Crippen LogP contribution in [0.1, 0.15) is 31.4 Å². The maximum atomic E-state index is 5.73. The van der Waals surface area contributed by atoms with Gasteiger partial charge in [0.15, 0.2) is 0 Å². The molecule has 0 saturated heterocycles. The molecule has 1 aromatic rings. The molecule has 0 saturated carbocycles. The van der Waals surface area contributed by atoms with Crippen LogP contribution in [0.25, 0.3) is 0 Å². The quantitative estimate of drug-likeness (QED) is 0.429. The van der Waals surface area contributed by atoms with Crippen LogP contribution in [0.5, 0.6) is 5.75 Å². The van der Waals surface area contributed by atoms with Crippen molar-refractivity contribution in [1.82, 2.24) is 0 Å². The summed E-state index contributed by atoms with van der Waals surface area (Å²) < 4.78 is 11.3. The highest BCUT2D eigenvalue weighted by Gasteiger charge is 2.02. The summed E-state index contributed by atoms with van der Waals surface area (Å²) in [5, 5.41) is 0. The van der Waals surface area contributed by atoms with Gasteiger partial charge in [0.1, 0.15) is 12.4 Å². The van der Waals surface area contributed by atoms with Crippen molar-refractivity contribution in [3.63, 3.8) is 0 Å². The average Bonchev–Trinajstić information content (AvgIpc) is 2.41. The number of rotatable bonds is 7. The molecule has 0 bridgehead atoms. The largest absolute Gasteiger partial charge is 0.490 e. The first kappa shape index (κ1) is 16.9. The lowest BCUT2D eigenvalue weighted by Crippen LogP contribution is -2.09. The third kappa shape index (κ3) is 6.84. The molecule has 0 N–H and O–H groups in total. The minimum atomic E-state index is 0.325. The smallest absolute Gasteiger partial charge is 0.135 e. The fourth-order valence-electron chi connectivity index (χ4n) is 1.63. The minimum Gasteiger partial charge on any atom is -0.490 e. The summed E-state index contributed by atoms with van der Waals surface area (Å²) in [6.07, 6.45) is 1.08. The van der Waals surface area contributed by atoms with Crippen LogP contribution in [-0.2, 0) is 4.74 Å². The van der Waals surface area contributed by atoms with Crippen LogP contribution in [0.2, 0.25) is 0 Å². The van der Waals surface area contributed by atoms with E-state index in [1.807, 2.05) is 25.1 Å². The summed E-state index contributed by atoms with van der Waals surface area (Å²) in [6, 6.07) is 5.97. The van der Waals surface area contributed by atoms with E-state index in [0.29, 0.717) is 25.0 Å². The lowest BCUT2D eigenvalue weighted by atomic mass is 10.1. The average molecular weight is 295 g/mol. The second-order valence-electron chi connectivity index (χ2n) is 5.08. The van der Waals surface area contributed by atoms with Crippen molar-refractivity contribution in [2.75, 3.05) is 25.7 Å². The Bertz CT molecular complexity index is 458. The topological polar surface area (TPSA) is 18.5 Å². The Morgan fingerprint density at radius 2 is 2.00 bits per heavy atom. The van der Waals surface area contributed by atoms with Crippen molar-refractivity contribution < 1.29 is 9.47 Å². The lowest BCUT2D eigenvalue weighted by molar-refractivity contribution is 0.0925. The molecule has 0 atom stereocenters. The van der Waals surface area contributed by atoms with Crippen molar-refractivity contribution in [2.45, 2.75) is 27.2 Å². The van der Waals surface area contributed by atoms with Gasteiger partial charge in [0.2, 0.25) is 0 Å². The highest BCUT2D eigenvalue weighted by Crippen LogP contribution is 2.19. The minimum absolute atomic E-state index is 0.325. The maximum absolute atomic E-state index is 5.73. The van der Waals surface area contributed by atoms with E-state index < -0.39 is 0 Å². The highest BCUT2D eigenvalue weighted by molar-refractivity contribution is 6.19. The van der Waals surface area contributed by atoms with E-state index in [-0.39, 0.29) is 0 Å². The molecule has 1 rings (SSSR count). The number of benzene rings is 1. The molecule has 0 aromatic heterocycles. The Kier molecular flexibility index (Phi) is 8.18. The molecule has 0 unspecified atom stereocenters. The van der Waals surface area contributed by atoms with Crippen LogP contribution in [0, 0.1) is 24.7 Å². The molecule has 0 aliphatic heterocycles. The summed E-state index contributed by atoms with van der Waals surface area (Å²) in [6.45, 7) is 8.33. The zero-order valence-corrected chi connectivity index (χ0v) is 13.3. The third-order valence-corrected chi connectivity index (χ3v) is 2.88. The van der Waals surface area contributed by atoms with E-state index in [0.717, 1.165) is 29.9 Å². The van der Waals surface area contributed by atoms with Crippen LogP contribution >= 0.6 is 11.6 Å². The summed E-state index contributed by atoms with van der Waals surface area (Å²) in [4.78, 5) is 0. The molecule has 0 radical (unpaired) electrons. The summed E-state index contributed by atoms with van der Waals surface area (Å²) in [7, 11) is 0. The molecular formula is C17H23ClO2. The maximum Gasteiger partial charge on any atom is 0.135 e. The van der Waals surface area contributed by atoms with Gasteiger partial charge in [-0.25, -0.2) is 0 Å². The van der Waals surface area contributed by atoms with Gasteiger partial charge in [0.25, 0.3) is 0 Å². The van der Waals surface area contributed by atoms with Gasteiger partial charge in [-0.3, -0.25) is 0 Å². The molecule has 0 heterocycles. The molecule has 110 valence electrons. The highest BCUT2D eigenvalue weighted by atomic mass is 35.5. The van der Waals surface area contributed by atoms with E-state index in [1.165, 1.54) is 0 Å².